The zero-order valence-electron chi connectivity index (χ0n) is 18.3. The molecule has 0 saturated heterocycles. The molecule has 1 aliphatic carbocycles. The summed E-state index contributed by atoms with van der Waals surface area (Å²) in [6, 6.07) is 23.3. The predicted octanol–water partition coefficient (Wildman–Crippen LogP) is 4.15. The normalized spacial score (nSPS) is 19.3. The Balaban J connectivity index is 1.59. The molecule has 1 fully saturated rings. The Labute approximate surface area is 189 Å². The molecule has 1 aromatic heterocycles. The Bertz CT molecular complexity index is 1020. The van der Waals surface area contributed by atoms with Gasteiger partial charge in [-0.3, -0.25) is 4.79 Å². The number of rotatable bonds is 7. The van der Waals surface area contributed by atoms with Crippen molar-refractivity contribution >= 4 is 5.91 Å². The highest BCUT2D eigenvalue weighted by Crippen LogP contribution is 2.30. The lowest BCUT2D eigenvalue weighted by atomic mass is 9.81. The minimum Gasteiger partial charge on any atom is -0.618 e. The van der Waals surface area contributed by atoms with Crippen LogP contribution < -0.4 is 15.8 Å². The van der Waals surface area contributed by atoms with Gasteiger partial charge < -0.3 is 16.3 Å². The molecule has 1 unspecified atom stereocenters. The third-order valence-electron chi connectivity index (χ3n) is 6.57. The van der Waals surface area contributed by atoms with Crippen LogP contribution in [0.4, 0.5) is 0 Å². The molecule has 0 bridgehead atoms. The first-order valence-electron chi connectivity index (χ1n) is 11.5. The van der Waals surface area contributed by atoms with E-state index in [1.165, 1.54) is 6.20 Å². The lowest BCUT2D eigenvalue weighted by Crippen LogP contribution is -2.38. The maximum absolute atomic E-state index is 13.2. The molecule has 1 saturated carbocycles. The molecule has 5 heteroatoms. The molecule has 1 aliphatic rings. The van der Waals surface area contributed by atoms with E-state index in [1.807, 2.05) is 60.7 Å². The number of carbonyl (C=O) groups excluding carboxylic acids is 1. The number of hydrogen-bond donors (Lipinski definition) is 2. The summed E-state index contributed by atoms with van der Waals surface area (Å²) >= 11 is 0. The smallest absolute Gasteiger partial charge is 0.224 e. The van der Waals surface area contributed by atoms with Crippen molar-refractivity contribution in [2.75, 3.05) is 6.54 Å². The molecular formula is C27H31N3O2. The number of amides is 1. The second-order valence-electron chi connectivity index (χ2n) is 8.74. The van der Waals surface area contributed by atoms with Crippen molar-refractivity contribution in [2.24, 2.45) is 17.6 Å². The Hall–Kier alpha value is -3.18. The van der Waals surface area contributed by atoms with Gasteiger partial charge in [-0.1, -0.05) is 48.5 Å². The van der Waals surface area contributed by atoms with Gasteiger partial charge in [0, 0.05) is 23.6 Å². The van der Waals surface area contributed by atoms with Crippen molar-refractivity contribution in [3.8, 4) is 11.3 Å². The molecule has 5 nitrogen and oxygen atoms in total. The van der Waals surface area contributed by atoms with Crippen LogP contribution in [-0.2, 0) is 11.2 Å². The van der Waals surface area contributed by atoms with Crippen molar-refractivity contribution < 1.29 is 9.52 Å². The summed E-state index contributed by atoms with van der Waals surface area (Å²) in [6.45, 7) is 0.701. The van der Waals surface area contributed by atoms with Crippen LogP contribution in [0.5, 0.6) is 0 Å². The molecule has 0 spiro atoms. The summed E-state index contributed by atoms with van der Waals surface area (Å²) in [4.78, 5) is 13.2. The Morgan fingerprint density at radius 2 is 1.66 bits per heavy atom. The van der Waals surface area contributed by atoms with Gasteiger partial charge in [0.2, 0.25) is 11.6 Å². The molecule has 166 valence electrons. The van der Waals surface area contributed by atoms with E-state index in [0.29, 0.717) is 24.6 Å². The molecule has 3 N–H and O–H groups in total. The maximum Gasteiger partial charge on any atom is 0.224 e. The monoisotopic (exact) mass is 429 g/mol. The van der Waals surface area contributed by atoms with Crippen LogP contribution in [0.1, 0.15) is 42.9 Å². The second-order valence-corrected chi connectivity index (χ2v) is 8.74. The van der Waals surface area contributed by atoms with Gasteiger partial charge in [0.15, 0.2) is 6.20 Å². The largest absolute Gasteiger partial charge is 0.618 e. The summed E-state index contributed by atoms with van der Waals surface area (Å²) in [5.74, 6) is 0.661. The number of hydrogen-bond acceptors (Lipinski definition) is 3. The van der Waals surface area contributed by atoms with E-state index >= 15 is 0 Å². The fraction of sp³-hybridized carbons (Fsp3) is 0.333. The van der Waals surface area contributed by atoms with Crippen LogP contribution in [0, 0.1) is 17.0 Å². The van der Waals surface area contributed by atoms with Crippen LogP contribution in [0.25, 0.3) is 11.3 Å². The molecule has 3 aromatic rings. The average molecular weight is 430 g/mol. The zero-order chi connectivity index (χ0) is 22.3. The topological polar surface area (TPSA) is 82.1 Å². The van der Waals surface area contributed by atoms with Crippen molar-refractivity contribution in [3.63, 3.8) is 0 Å². The molecule has 0 radical (unpaired) electrons. The van der Waals surface area contributed by atoms with Gasteiger partial charge in [-0.15, -0.1) is 0 Å². The van der Waals surface area contributed by atoms with Crippen molar-refractivity contribution in [1.29, 1.82) is 0 Å². The average Bonchev–Trinajstić information content (AvgIpc) is 2.85. The van der Waals surface area contributed by atoms with E-state index in [-0.39, 0.29) is 17.9 Å². The van der Waals surface area contributed by atoms with Gasteiger partial charge in [0.05, 0.1) is 6.04 Å². The molecule has 32 heavy (non-hydrogen) atoms. The van der Waals surface area contributed by atoms with Gasteiger partial charge >= 0.3 is 0 Å². The van der Waals surface area contributed by atoms with Gasteiger partial charge in [-0.2, -0.15) is 4.73 Å². The van der Waals surface area contributed by atoms with Crippen molar-refractivity contribution in [1.82, 2.24) is 5.32 Å². The highest BCUT2D eigenvalue weighted by atomic mass is 16.5. The lowest BCUT2D eigenvalue weighted by Gasteiger charge is -2.29. The van der Waals surface area contributed by atoms with Crippen LogP contribution >= 0.6 is 0 Å². The molecule has 1 amide bonds. The van der Waals surface area contributed by atoms with E-state index in [1.54, 1.807) is 0 Å². The molecule has 0 aliphatic heterocycles. The van der Waals surface area contributed by atoms with Crippen LogP contribution in [0.3, 0.4) is 0 Å². The molecule has 1 atom stereocenters. The van der Waals surface area contributed by atoms with Crippen LogP contribution in [-0.4, -0.2) is 12.5 Å². The summed E-state index contributed by atoms with van der Waals surface area (Å²) in [5.41, 5.74) is 9.33. The van der Waals surface area contributed by atoms with Crippen molar-refractivity contribution in [2.45, 2.75) is 38.1 Å². The highest BCUT2D eigenvalue weighted by molar-refractivity contribution is 5.79. The SMILES string of the molecule is NC[C@H]1CC[C@H](C(=O)NC(Cc2ccccc2)c2cc[n+]([O-])c(-c3ccccc3)c2)CC1. The first kappa shape index (κ1) is 22.0. The number of nitrogens with one attached hydrogen (secondary N) is 1. The number of nitrogens with two attached hydrogens (primary N) is 1. The first-order valence-corrected chi connectivity index (χ1v) is 11.5. The summed E-state index contributed by atoms with van der Waals surface area (Å²) in [5, 5.41) is 15.8. The standard InChI is InChI=1S/C27H31N3O2/c28-19-21-11-13-23(14-12-21)27(31)29-25(17-20-7-3-1-4-8-20)24-15-16-30(32)26(18-24)22-9-5-2-6-10-22/h1-10,15-16,18,21,23,25H,11-14,17,19,28H2,(H,29,31)/t21-,23-,25?. The number of benzene rings is 2. The predicted molar refractivity (Wildman–Crippen MR) is 126 cm³/mol. The van der Waals surface area contributed by atoms with E-state index in [2.05, 4.69) is 17.4 Å². The van der Waals surface area contributed by atoms with Gasteiger partial charge in [-0.05, 0) is 67.8 Å². The number of carbonyl (C=O) groups is 1. The lowest BCUT2D eigenvalue weighted by molar-refractivity contribution is -0.593. The summed E-state index contributed by atoms with van der Waals surface area (Å²) in [7, 11) is 0. The number of aromatic nitrogens is 1. The highest BCUT2D eigenvalue weighted by Gasteiger charge is 2.28. The van der Waals surface area contributed by atoms with Crippen LogP contribution in [0.15, 0.2) is 79.0 Å². The first-order chi connectivity index (χ1) is 15.6. The second kappa shape index (κ2) is 10.4. The molecule has 2 aromatic carbocycles. The fourth-order valence-corrected chi connectivity index (χ4v) is 4.59. The molecular weight excluding hydrogens is 398 g/mol. The van der Waals surface area contributed by atoms with E-state index in [9.17, 15) is 10.0 Å². The minimum absolute atomic E-state index is 0.0258. The number of pyridine rings is 1. The molecule has 1 heterocycles. The van der Waals surface area contributed by atoms with Crippen molar-refractivity contribution in [3.05, 3.63) is 95.3 Å². The fourth-order valence-electron chi connectivity index (χ4n) is 4.59. The molecule has 4 rings (SSSR count). The van der Waals surface area contributed by atoms with Gasteiger partial charge in [0.1, 0.15) is 0 Å². The van der Waals surface area contributed by atoms with E-state index in [4.69, 9.17) is 5.73 Å². The summed E-state index contributed by atoms with van der Waals surface area (Å²) in [6.07, 6.45) is 6.00. The third-order valence-corrected chi connectivity index (χ3v) is 6.57. The Kier molecular flexibility index (Phi) is 7.17. The Morgan fingerprint density at radius 3 is 2.31 bits per heavy atom. The van der Waals surface area contributed by atoms with E-state index < -0.39 is 0 Å². The zero-order valence-corrected chi connectivity index (χ0v) is 18.3. The van der Waals surface area contributed by atoms with Gasteiger partial charge in [-0.25, -0.2) is 0 Å². The third kappa shape index (κ3) is 5.35. The summed E-state index contributed by atoms with van der Waals surface area (Å²) < 4.78 is 0.883. The van der Waals surface area contributed by atoms with E-state index in [0.717, 1.165) is 47.1 Å². The van der Waals surface area contributed by atoms with Crippen LogP contribution in [0.2, 0.25) is 0 Å². The van der Waals surface area contributed by atoms with Gasteiger partial charge in [0.25, 0.3) is 0 Å². The Morgan fingerprint density at radius 1 is 1.00 bits per heavy atom. The minimum atomic E-state index is -0.208. The number of nitrogens with zero attached hydrogens (tertiary/aromatic N) is 1. The quantitative estimate of drug-likeness (QED) is 0.437. The maximum atomic E-state index is 13.2.